The van der Waals surface area contributed by atoms with Gasteiger partial charge in [-0.05, 0) is 69.9 Å². The number of nitrogens with zero attached hydrogens (tertiary/aromatic N) is 2. The minimum Gasteiger partial charge on any atom is -0.316 e. The van der Waals surface area contributed by atoms with E-state index in [4.69, 9.17) is 0 Å². The molecule has 1 aliphatic heterocycles. The zero-order chi connectivity index (χ0) is 13.5. The number of likely N-dealkylation sites (tertiary alicyclic amines) is 1. The van der Waals surface area contributed by atoms with Gasteiger partial charge in [0.25, 0.3) is 0 Å². The predicted molar refractivity (Wildman–Crippen MR) is 80.1 cm³/mol. The molecule has 0 unspecified atom stereocenters. The van der Waals surface area contributed by atoms with Gasteiger partial charge in [0.05, 0.1) is 5.69 Å². The topological polar surface area (TPSA) is 28.2 Å². The smallest absolute Gasteiger partial charge is 0.0573 e. The maximum Gasteiger partial charge on any atom is 0.0573 e. The van der Waals surface area contributed by atoms with Crippen molar-refractivity contribution < 1.29 is 0 Å². The molecule has 0 spiro atoms. The molecule has 19 heavy (non-hydrogen) atoms. The standard InChI is InChI=1S/C16H27N3/c1-3-8-17-12-15-6-10-19(11-7-15)13-16-14(2)5-4-9-18-16/h4-5,9,15,17H,3,6-8,10-13H2,1-2H3. The quantitative estimate of drug-likeness (QED) is 0.798. The van der Waals surface area contributed by atoms with E-state index in [1.54, 1.807) is 0 Å². The van der Waals surface area contributed by atoms with Gasteiger partial charge in [0.2, 0.25) is 0 Å². The molecule has 2 heterocycles. The highest BCUT2D eigenvalue weighted by Crippen LogP contribution is 2.18. The zero-order valence-corrected chi connectivity index (χ0v) is 12.4. The van der Waals surface area contributed by atoms with Crippen LogP contribution < -0.4 is 5.32 Å². The highest BCUT2D eigenvalue weighted by Gasteiger charge is 2.19. The Kier molecular flexibility index (Phi) is 5.80. The minimum atomic E-state index is 0.868. The summed E-state index contributed by atoms with van der Waals surface area (Å²) in [6.45, 7) is 10.2. The molecule has 0 amide bonds. The Morgan fingerprint density at radius 1 is 1.37 bits per heavy atom. The predicted octanol–water partition coefficient (Wildman–Crippen LogP) is 2.60. The molecule has 1 N–H and O–H groups in total. The Hall–Kier alpha value is -0.930. The van der Waals surface area contributed by atoms with Crippen molar-refractivity contribution in [1.29, 1.82) is 0 Å². The second kappa shape index (κ2) is 7.61. The van der Waals surface area contributed by atoms with Gasteiger partial charge in [0.15, 0.2) is 0 Å². The highest BCUT2D eigenvalue weighted by atomic mass is 15.1. The van der Waals surface area contributed by atoms with Gasteiger partial charge in [-0.2, -0.15) is 0 Å². The maximum atomic E-state index is 4.50. The van der Waals surface area contributed by atoms with Gasteiger partial charge in [-0.25, -0.2) is 0 Å². The Morgan fingerprint density at radius 2 is 2.16 bits per heavy atom. The molecule has 0 bridgehead atoms. The maximum absolute atomic E-state index is 4.50. The third-order valence-electron chi connectivity index (χ3n) is 4.06. The van der Waals surface area contributed by atoms with Crippen LogP contribution in [0.15, 0.2) is 18.3 Å². The van der Waals surface area contributed by atoms with Gasteiger partial charge < -0.3 is 5.32 Å². The summed E-state index contributed by atoms with van der Waals surface area (Å²) in [5, 5.41) is 3.55. The van der Waals surface area contributed by atoms with Gasteiger partial charge >= 0.3 is 0 Å². The molecule has 3 nitrogen and oxygen atoms in total. The van der Waals surface area contributed by atoms with Gasteiger partial charge in [-0.15, -0.1) is 0 Å². The lowest BCUT2D eigenvalue weighted by molar-refractivity contribution is 0.173. The van der Waals surface area contributed by atoms with Crippen molar-refractivity contribution in [1.82, 2.24) is 15.2 Å². The Labute approximate surface area is 117 Å². The molecule has 1 fully saturated rings. The normalized spacial score (nSPS) is 17.8. The second-order valence-electron chi connectivity index (χ2n) is 5.69. The third kappa shape index (κ3) is 4.59. The van der Waals surface area contributed by atoms with Crippen LogP contribution in [-0.2, 0) is 6.54 Å². The van der Waals surface area contributed by atoms with Crippen LogP contribution in [-0.4, -0.2) is 36.1 Å². The molecule has 0 radical (unpaired) electrons. The summed E-state index contributed by atoms with van der Waals surface area (Å²) in [6.07, 6.45) is 5.78. The van der Waals surface area contributed by atoms with Crippen LogP contribution >= 0.6 is 0 Å². The number of rotatable bonds is 6. The Morgan fingerprint density at radius 3 is 2.84 bits per heavy atom. The molecule has 1 aliphatic rings. The molecule has 0 aliphatic carbocycles. The van der Waals surface area contributed by atoms with E-state index < -0.39 is 0 Å². The number of aromatic nitrogens is 1. The van der Waals surface area contributed by atoms with E-state index in [-0.39, 0.29) is 0 Å². The van der Waals surface area contributed by atoms with E-state index in [0.29, 0.717) is 0 Å². The largest absolute Gasteiger partial charge is 0.316 e. The lowest BCUT2D eigenvalue weighted by atomic mass is 9.96. The van der Waals surface area contributed by atoms with Crippen molar-refractivity contribution in [3.63, 3.8) is 0 Å². The lowest BCUT2D eigenvalue weighted by Gasteiger charge is -2.32. The fourth-order valence-corrected chi connectivity index (χ4v) is 2.73. The molecule has 0 aromatic carbocycles. The molecule has 0 atom stereocenters. The molecule has 106 valence electrons. The fourth-order valence-electron chi connectivity index (χ4n) is 2.73. The van der Waals surface area contributed by atoms with E-state index in [1.807, 2.05) is 12.3 Å². The van der Waals surface area contributed by atoms with Crippen molar-refractivity contribution in [3.05, 3.63) is 29.6 Å². The summed E-state index contributed by atoms with van der Waals surface area (Å²) in [7, 11) is 0. The van der Waals surface area contributed by atoms with E-state index in [0.717, 1.165) is 19.0 Å². The molecule has 0 saturated carbocycles. The minimum absolute atomic E-state index is 0.868. The summed E-state index contributed by atoms with van der Waals surface area (Å²) in [6, 6.07) is 4.17. The number of piperidine rings is 1. The monoisotopic (exact) mass is 261 g/mol. The van der Waals surface area contributed by atoms with Gasteiger partial charge in [-0.1, -0.05) is 13.0 Å². The van der Waals surface area contributed by atoms with Crippen molar-refractivity contribution in [2.24, 2.45) is 5.92 Å². The molecular formula is C16H27N3. The van der Waals surface area contributed by atoms with Crippen LogP contribution in [0.5, 0.6) is 0 Å². The van der Waals surface area contributed by atoms with E-state index in [2.05, 4.69) is 35.1 Å². The summed E-state index contributed by atoms with van der Waals surface area (Å²) in [4.78, 5) is 7.05. The first-order chi connectivity index (χ1) is 9.29. The highest BCUT2D eigenvalue weighted by molar-refractivity contribution is 5.17. The first-order valence-corrected chi connectivity index (χ1v) is 7.63. The molecule has 3 heteroatoms. The third-order valence-corrected chi connectivity index (χ3v) is 4.06. The zero-order valence-electron chi connectivity index (χ0n) is 12.4. The van der Waals surface area contributed by atoms with Crippen LogP contribution in [0.3, 0.4) is 0 Å². The van der Waals surface area contributed by atoms with Crippen LogP contribution in [0.25, 0.3) is 0 Å². The fraction of sp³-hybridized carbons (Fsp3) is 0.688. The number of nitrogens with one attached hydrogen (secondary N) is 1. The van der Waals surface area contributed by atoms with E-state index in [9.17, 15) is 0 Å². The summed E-state index contributed by atoms with van der Waals surface area (Å²) in [5.74, 6) is 0.868. The van der Waals surface area contributed by atoms with Crippen LogP contribution in [0.1, 0.15) is 37.4 Å². The van der Waals surface area contributed by atoms with Crippen LogP contribution in [0.2, 0.25) is 0 Å². The molecule has 1 aromatic heterocycles. The Balaban J connectivity index is 1.73. The molecule has 1 saturated heterocycles. The average molecular weight is 261 g/mol. The first-order valence-electron chi connectivity index (χ1n) is 7.63. The lowest BCUT2D eigenvalue weighted by Crippen LogP contribution is -2.37. The van der Waals surface area contributed by atoms with Crippen LogP contribution in [0.4, 0.5) is 0 Å². The summed E-state index contributed by atoms with van der Waals surface area (Å²) in [5.41, 5.74) is 2.55. The first kappa shape index (κ1) is 14.5. The Bertz CT molecular complexity index is 370. The average Bonchev–Trinajstić information content (AvgIpc) is 2.44. The summed E-state index contributed by atoms with van der Waals surface area (Å²) < 4.78 is 0. The molecule has 1 aromatic rings. The van der Waals surface area contributed by atoms with E-state index in [1.165, 1.54) is 50.2 Å². The van der Waals surface area contributed by atoms with Crippen LogP contribution in [0, 0.1) is 12.8 Å². The van der Waals surface area contributed by atoms with Crippen molar-refractivity contribution in [2.45, 2.75) is 39.7 Å². The SMILES string of the molecule is CCCNCC1CCN(Cc2ncccc2C)CC1. The van der Waals surface area contributed by atoms with Crippen molar-refractivity contribution in [2.75, 3.05) is 26.2 Å². The van der Waals surface area contributed by atoms with Crippen molar-refractivity contribution >= 4 is 0 Å². The molecular weight excluding hydrogens is 234 g/mol. The molecule has 2 rings (SSSR count). The number of aryl methyl sites for hydroxylation is 1. The van der Waals surface area contributed by atoms with Crippen molar-refractivity contribution in [3.8, 4) is 0 Å². The van der Waals surface area contributed by atoms with Gasteiger partial charge in [0, 0.05) is 12.7 Å². The number of pyridine rings is 1. The van der Waals surface area contributed by atoms with E-state index >= 15 is 0 Å². The number of hydrogen-bond donors (Lipinski definition) is 1. The summed E-state index contributed by atoms with van der Waals surface area (Å²) >= 11 is 0. The van der Waals surface area contributed by atoms with Gasteiger partial charge in [-0.3, -0.25) is 9.88 Å². The number of hydrogen-bond acceptors (Lipinski definition) is 3. The second-order valence-corrected chi connectivity index (χ2v) is 5.69. The van der Waals surface area contributed by atoms with Gasteiger partial charge in [0.1, 0.15) is 0 Å².